The van der Waals surface area contributed by atoms with Gasteiger partial charge >= 0.3 is 11.9 Å². The number of hydrogen-bond donors (Lipinski definition) is 2. The summed E-state index contributed by atoms with van der Waals surface area (Å²) in [7, 11) is 0. The highest BCUT2D eigenvalue weighted by Gasteiger charge is 2.42. The second kappa shape index (κ2) is 11.0. The van der Waals surface area contributed by atoms with Crippen LogP contribution in [0.4, 0.5) is 0 Å². The summed E-state index contributed by atoms with van der Waals surface area (Å²) in [4.78, 5) is 27.4. The van der Waals surface area contributed by atoms with Crippen molar-refractivity contribution >= 4 is 36.8 Å². The summed E-state index contributed by atoms with van der Waals surface area (Å²) in [5.74, 6) is 0.394. The highest BCUT2D eigenvalue weighted by molar-refractivity contribution is 5.86. The van der Waals surface area contributed by atoms with Gasteiger partial charge in [0.25, 0.3) is 0 Å². The Morgan fingerprint density at radius 3 is 2.68 bits per heavy atom. The predicted octanol–water partition coefficient (Wildman–Crippen LogP) is 3.16. The first-order chi connectivity index (χ1) is 12.5. The Balaban J connectivity index is 0.00000196. The summed E-state index contributed by atoms with van der Waals surface area (Å²) >= 11 is 0. The lowest BCUT2D eigenvalue weighted by Crippen LogP contribution is -2.55. The minimum absolute atomic E-state index is 0. The maximum Gasteiger partial charge on any atom is 0.358 e. The van der Waals surface area contributed by atoms with Gasteiger partial charge in [-0.25, -0.2) is 9.78 Å². The number of nitrogens with one attached hydrogen (secondary N) is 1. The van der Waals surface area contributed by atoms with Gasteiger partial charge in [0.1, 0.15) is 6.04 Å². The molecule has 28 heavy (non-hydrogen) atoms. The molecule has 5 atom stereocenters. The van der Waals surface area contributed by atoms with E-state index in [1.807, 2.05) is 4.57 Å². The Hall–Kier alpha value is -1.31. The topological polar surface area (TPSA) is 93.5 Å². The second-order valence-corrected chi connectivity index (χ2v) is 7.59. The first kappa shape index (κ1) is 24.7. The molecule has 2 fully saturated rings. The van der Waals surface area contributed by atoms with E-state index in [1.54, 1.807) is 19.4 Å². The fourth-order valence-corrected chi connectivity index (χ4v) is 4.77. The van der Waals surface area contributed by atoms with E-state index >= 15 is 0 Å². The molecule has 1 saturated carbocycles. The minimum atomic E-state index is -0.738. The zero-order valence-electron chi connectivity index (χ0n) is 16.4. The maximum absolute atomic E-state index is 11.7. The monoisotopic (exact) mass is 435 g/mol. The van der Waals surface area contributed by atoms with E-state index in [2.05, 4.69) is 17.2 Å². The van der Waals surface area contributed by atoms with Crippen LogP contribution >= 0.6 is 24.8 Å². The molecule has 0 spiro atoms. The molecule has 1 aromatic rings. The van der Waals surface area contributed by atoms with Gasteiger partial charge in [-0.2, -0.15) is 0 Å². The number of nitrogens with zero attached hydrogens (tertiary/aromatic N) is 2. The van der Waals surface area contributed by atoms with Crippen LogP contribution in [0.25, 0.3) is 0 Å². The van der Waals surface area contributed by atoms with Gasteiger partial charge in [0, 0.05) is 18.8 Å². The van der Waals surface area contributed by atoms with Gasteiger partial charge < -0.3 is 19.7 Å². The van der Waals surface area contributed by atoms with Gasteiger partial charge in [-0.05, 0) is 56.8 Å². The van der Waals surface area contributed by atoms with Crippen LogP contribution in [-0.4, -0.2) is 45.3 Å². The van der Waals surface area contributed by atoms with Crippen LogP contribution in [0.3, 0.4) is 0 Å². The molecule has 0 aromatic carbocycles. The third-order valence-corrected chi connectivity index (χ3v) is 5.95. The number of halogens is 2. The van der Waals surface area contributed by atoms with Crippen LogP contribution in [0.15, 0.2) is 12.5 Å². The molecule has 1 unspecified atom stereocenters. The molecule has 0 radical (unpaired) electrons. The standard InChI is InChI=1S/C19H29N3O4.2ClH/c1-3-15-14-6-5-12(7-13(14)8-16(21-15)18(23)24)9-22-10-17(20-11-22)19(25)26-4-2;;/h10-16,21H,3-9H2,1-2H3,(H,23,24);2*1H/t12-,13+,14+,15?,16-;;/m0../s1. The Labute approximate surface area is 178 Å². The molecule has 1 aliphatic carbocycles. The van der Waals surface area contributed by atoms with Gasteiger partial charge in [0.2, 0.25) is 0 Å². The molecule has 1 aromatic heterocycles. The zero-order valence-corrected chi connectivity index (χ0v) is 18.0. The molecule has 3 rings (SSSR count). The Morgan fingerprint density at radius 1 is 1.29 bits per heavy atom. The number of carbonyl (C=O) groups is 2. The molecule has 2 N–H and O–H groups in total. The van der Waals surface area contributed by atoms with Crippen molar-refractivity contribution in [2.24, 2.45) is 17.8 Å². The summed E-state index contributed by atoms with van der Waals surface area (Å²) in [6.45, 7) is 5.07. The fourth-order valence-electron chi connectivity index (χ4n) is 4.77. The molecule has 1 aliphatic heterocycles. The van der Waals surface area contributed by atoms with Crippen LogP contribution in [0.1, 0.15) is 56.4 Å². The number of carboxylic acids is 1. The number of piperidine rings is 1. The summed E-state index contributed by atoms with van der Waals surface area (Å²) in [5, 5.41) is 12.8. The van der Waals surface area contributed by atoms with Gasteiger partial charge in [0.05, 0.1) is 12.9 Å². The van der Waals surface area contributed by atoms with E-state index < -0.39 is 12.0 Å². The van der Waals surface area contributed by atoms with Crippen molar-refractivity contribution in [2.75, 3.05) is 6.61 Å². The minimum Gasteiger partial charge on any atom is -0.480 e. The SMILES string of the molecule is CCOC(=O)c1cn(C[C@H]2CC[C@H]3C(CC)N[C@H](C(=O)O)C[C@H]3C2)cn1.Cl.Cl. The van der Waals surface area contributed by atoms with E-state index in [9.17, 15) is 14.7 Å². The van der Waals surface area contributed by atoms with Crippen molar-refractivity contribution in [3.8, 4) is 0 Å². The molecule has 160 valence electrons. The molecule has 0 amide bonds. The highest BCUT2D eigenvalue weighted by atomic mass is 35.5. The van der Waals surface area contributed by atoms with Crippen LogP contribution in [-0.2, 0) is 16.1 Å². The number of fused-ring (bicyclic) bond motifs is 1. The van der Waals surface area contributed by atoms with Gasteiger partial charge in [-0.15, -0.1) is 24.8 Å². The summed E-state index contributed by atoms with van der Waals surface area (Å²) < 4.78 is 6.95. The molecular formula is C19H31Cl2N3O4. The van der Waals surface area contributed by atoms with Crippen molar-refractivity contribution in [1.82, 2.24) is 14.9 Å². The van der Waals surface area contributed by atoms with Crippen molar-refractivity contribution < 1.29 is 19.4 Å². The number of rotatable bonds is 6. The number of hydrogen-bond acceptors (Lipinski definition) is 5. The molecule has 0 bridgehead atoms. The van der Waals surface area contributed by atoms with E-state index in [4.69, 9.17) is 4.74 Å². The molecule has 1 saturated heterocycles. The predicted molar refractivity (Wildman–Crippen MR) is 110 cm³/mol. The zero-order chi connectivity index (χ0) is 18.7. The lowest BCUT2D eigenvalue weighted by Gasteiger charge is -2.46. The Morgan fingerprint density at radius 2 is 2.04 bits per heavy atom. The number of imidazole rings is 1. The van der Waals surface area contributed by atoms with Crippen LogP contribution < -0.4 is 5.32 Å². The first-order valence-electron chi connectivity index (χ1n) is 9.69. The number of carbonyl (C=O) groups excluding carboxylic acids is 1. The number of esters is 1. The average Bonchev–Trinajstić information content (AvgIpc) is 3.09. The van der Waals surface area contributed by atoms with Crippen LogP contribution in [0.2, 0.25) is 0 Å². The smallest absolute Gasteiger partial charge is 0.358 e. The number of carboxylic acid groups (broad SMARTS) is 1. The highest BCUT2D eigenvalue weighted by Crippen LogP contribution is 2.42. The summed E-state index contributed by atoms with van der Waals surface area (Å²) in [5.41, 5.74) is 0.347. The van der Waals surface area contributed by atoms with E-state index in [0.717, 1.165) is 32.2 Å². The number of aliphatic carboxylic acids is 1. The van der Waals surface area contributed by atoms with E-state index in [1.165, 1.54) is 0 Å². The maximum atomic E-state index is 11.7. The quantitative estimate of drug-likeness (QED) is 0.666. The number of ether oxygens (including phenoxy) is 1. The van der Waals surface area contributed by atoms with Gasteiger partial charge in [0.15, 0.2) is 5.69 Å². The third kappa shape index (κ3) is 5.61. The Kier molecular flexibility index (Phi) is 9.74. The van der Waals surface area contributed by atoms with Crippen molar-refractivity contribution in [2.45, 2.75) is 64.6 Å². The van der Waals surface area contributed by atoms with Crippen LogP contribution in [0.5, 0.6) is 0 Å². The van der Waals surface area contributed by atoms with E-state index in [-0.39, 0.29) is 30.8 Å². The second-order valence-electron chi connectivity index (χ2n) is 7.59. The van der Waals surface area contributed by atoms with Gasteiger partial charge in [-0.3, -0.25) is 4.79 Å². The lowest BCUT2D eigenvalue weighted by atomic mass is 9.66. The normalized spacial score (nSPS) is 29.0. The van der Waals surface area contributed by atoms with Crippen molar-refractivity contribution in [3.05, 3.63) is 18.2 Å². The summed E-state index contributed by atoms with van der Waals surface area (Å²) in [6.07, 6.45) is 8.43. The largest absolute Gasteiger partial charge is 0.480 e. The van der Waals surface area contributed by atoms with E-state index in [0.29, 0.717) is 42.5 Å². The van der Waals surface area contributed by atoms with Crippen molar-refractivity contribution in [1.29, 1.82) is 0 Å². The first-order valence-corrected chi connectivity index (χ1v) is 9.69. The molecule has 7 nitrogen and oxygen atoms in total. The molecule has 9 heteroatoms. The number of aromatic nitrogens is 2. The fraction of sp³-hybridized carbons (Fsp3) is 0.737. The van der Waals surface area contributed by atoms with Gasteiger partial charge in [-0.1, -0.05) is 6.92 Å². The van der Waals surface area contributed by atoms with Crippen LogP contribution in [0, 0.1) is 17.8 Å². The van der Waals surface area contributed by atoms with Crippen molar-refractivity contribution in [3.63, 3.8) is 0 Å². The molecular weight excluding hydrogens is 405 g/mol. The Bertz CT molecular complexity index is 655. The lowest BCUT2D eigenvalue weighted by molar-refractivity contribution is -0.142. The molecule has 2 heterocycles. The summed E-state index contributed by atoms with van der Waals surface area (Å²) in [6, 6.07) is -0.122. The molecule has 2 aliphatic rings. The average molecular weight is 436 g/mol. The third-order valence-electron chi connectivity index (χ3n) is 5.95.